The molecule has 3 rings (SSSR count). The molecule has 0 saturated heterocycles. The number of furan rings is 1. The molecule has 144 valence electrons. The number of hydrogen-bond donors (Lipinski definition) is 1. The molecule has 1 N–H and O–H groups in total. The van der Waals surface area contributed by atoms with Gasteiger partial charge in [-0.2, -0.15) is 0 Å². The highest BCUT2D eigenvalue weighted by molar-refractivity contribution is 6.07. The van der Waals surface area contributed by atoms with Crippen LogP contribution in [-0.2, 0) is 11.3 Å². The van der Waals surface area contributed by atoms with E-state index >= 15 is 0 Å². The summed E-state index contributed by atoms with van der Waals surface area (Å²) in [5.41, 5.74) is 3.35. The number of rotatable bonds is 6. The molecule has 0 atom stereocenters. The van der Waals surface area contributed by atoms with Crippen LogP contribution >= 0.6 is 0 Å². The first-order valence-corrected chi connectivity index (χ1v) is 8.88. The highest BCUT2D eigenvalue weighted by Gasteiger charge is 2.24. The Balaban J connectivity index is 1.77. The average Bonchev–Trinajstić information content (AvgIpc) is 3.20. The molecule has 1 aromatic heterocycles. The van der Waals surface area contributed by atoms with Crippen LogP contribution in [0.1, 0.15) is 27.2 Å². The highest BCUT2D eigenvalue weighted by Crippen LogP contribution is 2.23. The first kappa shape index (κ1) is 19.4. The molecule has 0 spiro atoms. The first-order chi connectivity index (χ1) is 13.4. The van der Waals surface area contributed by atoms with Crippen molar-refractivity contribution >= 4 is 17.5 Å². The molecule has 6 heteroatoms. The fraction of sp³-hybridized carbons (Fsp3) is 0.182. The molecule has 2 amide bonds. The second-order valence-corrected chi connectivity index (χ2v) is 6.56. The standard InChI is InChI=1S/C22H21FN2O3/c1-15-5-10-19(16(2)12-15)25(22(27)20-4-3-11-28-20)14-21(26)24-13-17-6-8-18(23)9-7-17/h3-12H,13-14H2,1-2H3,(H,24,26). The fourth-order valence-corrected chi connectivity index (χ4v) is 2.91. The van der Waals surface area contributed by atoms with Crippen LogP contribution < -0.4 is 10.2 Å². The number of nitrogens with zero attached hydrogens (tertiary/aromatic N) is 1. The Morgan fingerprint density at radius 1 is 1.07 bits per heavy atom. The normalized spacial score (nSPS) is 10.5. The van der Waals surface area contributed by atoms with Gasteiger partial charge in [-0.15, -0.1) is 0 Å². The number of anilines is 1. The van der Waals surface area contributed by atoms with Crippen LogP contribution in [-0.4, -0.2) is 18.4 Å². The van der Waals surface area contributed by atoms with Crippen molar-refractivity contribution in [3.05, 3.63) is 89.1 Å². The summed E-state index contributed by atoms with van der Waals surface area (Å²) in [6.45, 7) is 3.94. The summed E-state index contributed by atoms with van der Waals surface area (Å²) in [7, 11) is 0. The van der Waals surface area contributed by atoms with Gasteiger partial charge in [0.05, 0.1) is 6.26 Å². The zero-order valence-corrected chi connectivity index (χ0v) is 15.7. The van der Waals surface area contributed by atoms with Gasteiger partial charge < -0.3 is 9.73 Å². The Hall–Kier alpha value is -3.41. The molecule has 1 heterocycles. The molecule has 5 nitrogen and oxygen atoms in total. The summed E-state index contributed by atoms with van der Waals surface area (Å²) in [5, 5.41) is 2.76. The minimum absolute atomic E-state index is 0.159. The van der Waals surface area contributed by atoms with Gasteiger partial charge in [0.15, 0.2) is 5.76 Å². The number of carbonyl (C=O) groups excluding carboxylic acids is 2. The molecule has 0 aliphatic rings. The van der Waals surface area contributed by atoms with E-state index in [1.165, 1.54) is 23.3 Å². The molecule has 0 fully saturated rings. The molecule has 3 aromatic rings. The Kier molecular flexibility index (Phi) is 5.89. The minimum Gasteiger partial charge on any atom is -0.459 e. The summed E-state index contributed by atoms with van der Waals surface area (Å²) in [4.78, 5) is 26.8. The van der Waals surface area contributed by atoms with Gasteiger partial charge in [0.1, 0.15) is 12.4 Å². The Labute approximate surface area is 162 Å². The van der Waals surface area contributed by atoms with Gasteiger partial charge in [-0.25, -0.2) is 4.39 Å². The maximum atomic E-state index is 13.0. The van der Waals surface area contributed by atoms with Crippen LogP contribution in [0.4, 0.5) is 10.1 Å². The maximum absolute atomic E-state index is 13.0. The van der Waals surface area contributed by atoms with E-state index in [0.717, 1.165) is 16.7 Å². The Bertz CT molecular complexity index is 966. The van der Waals surface area contributed by atoms with Crippen molar-refractivity contribution in [2.75, 3.05) is 11.4 Å². The van der Waals surface area contributed by atoms with Gasteiger partial charge >= 0.3 is 0 Å². The van der Waals surface area contributed by atoms with Gasteiger partial charge in [-0.1, -0.05) is 29.8 Å². The second-order valence-electron chi connectivity index (χ2n) is 6.56. The van der Waals surface area contributed by atoms with E-state index < -0.39 is 5.91 Å². The monoisotopic (exact) mass is 380 g/mol. The third-order valence-corrected chi connectivity index (χ3v) is 4.32. The van der Waals surface area contributed by atoms with E-state index in [1.54, 1.807) is 24.3 Å². The number of hydrogen-bond acceptors (Lipinski definition) is 3. The van der Waals surface area contributed by atoms with Crippen LogP contribution in [0, 0.1) is 19.7 Å². The van der Waals surface area contributed by atoms with E-state index in [0.29, 0.717) is 5.69 Å². The maximum Gasteiger partial charge on any atom is 0.294 e. The quantitative estimate of drug-likeness (QED) is 0.703. The molecule has 0 radical (unpaired) electrons. The SMILES string of the molecule is Cc1ccc(N(CC(=O)NCc2ccc(F)cc2)C(=O)c2ccco2)c(C)c1. The van der Waals surface area contributed by atoms with Crippen molar-refractivity contribution in [3.63, 3.8) is 0 Å². The summed E-state index contributed by atoms with van der Waals surface area (Å²) in [6, 6.07) is 14.7. The summed E-state index contributed by atoms with van der Waals surface area (Å²) in [6.07, 6.45) is 1.42. The van der Waals surface area contributed by atoms with E-state index in [-0.39, 0.29) is 30.6 Å². The number of carbonyl (C=O) groups is 2. The van der Waals surface area contributed by atoms with Gasteiger partial charge in [0, 0.05) is 12.2 Å². The molecule has 28 heavy (non-hydrogen) atoms. The third kappa shape index (κ3) is 4.65. The van der Waals surface area contributed by atoms with E-state index in [9.17, 15) is 14.0 Å². The van der Waals surface area contributed by atoms with Crippen molar-refractivity contribution in [1.29, 1.82) is 0 Å². The minimum atomic E-state index is -0.395. The molecular weight excluding hydrogens is 359 g/mol. The summed E-state index contributed by atoms with van der Waals surface area (Å²) in [5.74, 6) is -0.899. The first-order valence-electron chi connectivity index (χ1n) is 8.88. The van der Waals surface area contributed by atoms with Crippen molar-refractivity contribution in [3.8, 4) is 0 Å². The number of nitrogens with one attached hydrogen (secondary N) is 1. The van der Waals surface area contributed by atoms with Crippen LogP contribution in [0.15, 0.2) is 65.3 Å². The van der Waals surface area contributed by atoms with Crippen molar-refractivity contribution in [2.45, 2.75) is 20.4 Å². The Morgan fingerprint density at radius 3 is 2.46 bits per heavy atom. The lowest BCUT2D eigenvalue weighted by molar-refractivity contribution is -0.119. The Morgan fingerprint density at radius 2 is 1.82 bits per heavy atom. The average molecular weight is 380 g/mol. The van der Waals surface area contributed by atoms with Gasteiger partial charge in [0.25, 0.3) is 5.91 Å². The predicted octanol–water partition coefficient (Wildman–Crippen LogP) is 4.00. The molecule has 0 aliphatic carbocycles. The third-order valence-electron chi connectivity index (χ3n) is 4.32. The topological polar surface area (TPSA) is 62.6 Å². The number of aryl methyl sites for hydroxylation is 2. The van der Waals surface area contributed by atoms with Gasteiger partial charge in [0.2, 0.25) is 5.91 Å². The fourth-order valence-electron chi connectivity index (χ4n) is 2.91. The van der Waals surface area contributed by atoms with Crippen LogP contribution in [0.3, 0.4) is 0 Å². The van der Waals surface area contributed by atoms with Crippen molar-refractivity contribution in [2.24, 2.45) is 0 Å². The summed E-state index contributed by atoms with van der Waals surface area (Å²) >= 11 is 0. The summed E-state index contributed by atoms with van der Waals surface area (Å²) < 4.78 is 18.2. The number of halogens is 1. The van der Waals surface area contributed by atoms with E-state index in [2.05, 4.69) is 5.32 Å². The second kappa shape index (κ2) is 8.52. The van der Waals surface area contributed by atoms with Gasteiger partial charge in [-0.3, -0.25) is 14.5 Å². The zero-order chi connectivity index (χ0) is 20.1. The van der Waals surface area contributed by atoms with E-state index in [1.807, 2.05) is 32.0 Å². The molecule has 0 bridgehead atoms. The zero-order valence-electron chi connectivity index (χ0n) is 15.7. The highest BCUT2D eigenvalue weighted by atomic mass is 19.1. The molecule has 0 unspecified atom stereocenters. The lowest BCUT2D eigenvalue weighted by Gasteiger charge is -2.23. The van der Waals surface area contributed by atoms with Crippen molar-refractivity contribution < 1.29 is 18.4 Å². The molecule has 0 saturated carbocycles. The van der Waals surface area contributed by atoms with Crippen molar-refractivity contribution in [1.82, 2.24) is 5.32 Å². The molecule has 2 aromatic carbocycles. The number of benzene rings is 2. The van der Waals surface area contributed by atoms with Crippen LogP contribution in [0.2, 0.25) is 0 Å². The largest absolute Gasteiger partial charge is 0.459 e. The number of amides is 2. The van der Waals surface area contributed by atoms with Gasteiger partial charge in [-0.05, 0) is 55.3 Å². The predicted molar refractivity (Wildman–Crippen MR) is 105 cm³/mol. The smallest absolute Gasteiger partial charge is 0.294 e. The molecular formula is C22H21FN2O3. The van der Waals surface area contributed by atoms with Crippen LogP contribution in [0.5, 0.6) is 0 Å². The lowest BCUT2D eigenvalue weighted by Crippen LogP contribution is -2.41. The lowest BCUT2D eigenvalue weighted by atomic mass is 10.1. The van der Waals surface area contributed by atoms with Crippen LogP contribution in [0.25, 0.3) is 0 Å². The molecule has 0 aliphatic heterocycles. The van der Waals surface area contributed by atoms with E-state index in [4.69, 9.17) is 4.42 Å².